The molecule has 0 saturated heterocycles. The molecule has 1 aromatic heterocycles. The van der Waals surface area contributed by atoms with Crippen molar-refractivity contribution < 1.29 is 14.3 Å². The number of nitrogens with zero attached hydrogens (tertiary/aromatic N) is 1. The Morgan fingerprint density at radius 3 is 2.79 bits per heavy atom. The zero-order valence-corrected chi connectivity index (χ0v) is 17.4. The fourth-order valence-corrected chi connectivity index (χ4v) is 5.15. The summed E-state index contributed by atoms with van der Waals surface area (Å²) in [6.07, 6.45) is 9.56. The SMILES string of the molecule is O=C1NC(=O)c2c1c1c(c3[nH]c4c(c23)CN=CC=4)NC2C=C(OCc3ccccc3)C=CC=12. The molecule has 2 aromatic carbocycles. The van der Waals surface area contributed by atoms with E-state index in [1.165, 1.54) is 0 Å². The summed E-state index contributed by atoms with van der Waals surface area (Å²) in [5.74, 6) is 0.0455. The topological polar surface area (TPSA) is 95.6 Å². The van der Waals surface area contributed by atoms with E-state index < -0.39 is 0 Å². The predicted octanol–water partition coefficient (Wildman–Crippen LogP) is 2.03. The van der Waals surface area contributed by atoms with Gasteiger partial charge < -0.3 is 15.0 Å². The van der Waals surface area contributed by atoms with Gasteiger partial charge in [-0.05, 0) is 29.4 Å². The van der Waals surface area contributed by atoms with Gasteiger partial charge in [0.1, 0.15) is 12.4 Å². The normalized spacial score (nSPS) is 19.3. The van der Waals surface area contributed by atoms with Crippen LogP contribution in [0.2, 0.25) is 0 Å². The van der Waals surface area contributed by atoms with E-state index in [0.29, 0.717) is 24.3 Å². The summed E-state index contributed by atoms with van der Waals surface area (Å²) in [5, 5.41) is 8.53. The van der Waals surface area contributed by atoms with Crippen molar-refractivity contribution in [3.63, 3.8) is 0 Å². The van der Waals surface area contributed by atoms with E-state index in [0.717, 1.165) is 49.6 Å². The number of allylic oxidation sites excluding steroid dienone is 1. The molecule has 0 radical (unpaired) electrons. The molecule has 3 N–H and O–H groups in total. The highest BCUT2D eigenvalue weighted by Gasteiger charge is 2.38. The molecular formula is C26H18N4O3. The molecule has 2 amide bonds. The van der Waals surface area contributed by atoms with Crippen molar-refractivity contribution in [3.05, 3.63) is 87.1 Å². The number of aromatic nitrogens is 1. The molecule has 4 heterocycles. The maximum atomic E-state index is 12.9. The zero-order chi connectivity index (χ0) is 22.1. The monoisotopic (exact) mass is 434 g/mol. The van der Waals surface area contributed by atoms with E-state index in [4.69, 9.17) is 4.74 Å². The molecule has 7 rings (SSSR count). The fraction of sp³-hybridized carbons (Fsp3) is 0.115. The van der Waals surface area contributed by atoms with Gasteiger partial charge in [0, 0.05) is 27.7 Å². The second-order valence-electron chi connectivity index (χ2n) is 8.46. The number of amides is 2. The number of aromatic amines is 1. The van der Waals surface area contributed by atoms with Crippen molar-refractivity contribution in [2.75, 3.05) is 5.32 Å². The lowest BCUT2D eigenvalue weighted by Crippen LogP contribution is -2.23. The second-order valence-corrected chi connectivity index (χ2v) is 8.46. The van der Waals surface area contributed by atoms with Gasteiger partial charge in [-0.15, -0.1) is 0 Å². The first-order valence-corrected chi connectivity index (χ1v) is 10.8. The summed E-state index contributed by atoms with van der Waals surface area (Å²) >= 11 is 0. The number of fused-ring (bicyclic) bond motifs is 9. The molecule has 7 heteroatoms. The van der Waals surface area contributed by atoms with Gasteiger partial charge in [-0.2, -0.15) is 0 Å². The van der Waals surface area contributed by atoms with Gasteiger partial charge in [0.25, 0.3) is 11.8 Å². The number of hydrogen-bond acceptors (Lipinski definition) is 5. The van der Waals surface area contributed by atoms with Crippen LogP contribution in [0, 0.1) is 0 Å². The van der Waals surface area contributed by atoms with Crippen molar-refractivity contribution >= 4 is 46.3 Å². The Morgan fingerprint density at radius 2 is 1.91 bits per heavy atom. The van der Waals surface area contributed by atoms with Crippen LogP contribution in [0.1, 0.15) is 31.8 Å². The number of anilines is 1. The number of carbonyl (C=O) groups excluding carboxylic acids is 2. The molecule has 0 bridgehead atoms. The Labute approximate surface area is 187 Å². The lowest BCUT2D eigenvalue weighted by molar-refractivity contribution is 0.0880. The van der Waals surface area contributed by atoms with E-state index >= 15 is 0 Å². The highest BCUT2D eigenvalue weighted by atomic mass is 16.5. The third-order valence-electron chi connectivity index (χ3n) is 6.59. The van der Waals surface area contributed by atoms with Crippen molar-refractivity contribution in [2.24, 2.45) is 4.99 Å². The molecule has 1 atom stereocenters. The van der Waals surface area contributed by atoms with Crippen LogP contribution < -0.4 is 21.2 Å². The van der Waals surface area contributed by atoms with Crippen LogP contribution in [0.15, 0.2) is 59.3 Å². The van der Waals surface area contributed by atoms with Gasteiger partial charge in [0.15, 0.2) is 0 Å². The van der Waals surface area contributed by atoms with Crippen LogP contribution in [0.4, 0.5) is 5.69 Å². The number of H-pyrrole nitrogens is 1. The van der Waals surface area contributed by atoms with Crippen LogP contribution in [-0.2, 0) is 17.9 Å². The van der Waals surface area contributed by atoms with Gasteiger partial charge in [-0.1, -0.05) is 36.4 Å². The third-order valence-corrected chi connectivity index (χ3v) is 6.59. The lowest BCUT2D eigenvalue weighted by atomic mass is 9.94. The molecule has 0 fully saturated rings. The summed E-state index contributed by atoms with van der Waals surface area (Å²) in [7, 11) is 0. The van der Waals surface area contributed by atoms with E-state index in [9.17, 15) is 9.59 Å². The minimum atomic E-state index is -0.357. The van der Waals surface area contributed by atoms with E-state index in [-0.39, 0.29) is 17.9 Å². The highest BCUT2D eigenvalue weighted by Crippen LogP contribution is 2.36. The maximum Gasteiger partial charge on any atom is 0.259 e. The Bertz CT molecular complexity index is 1620. The van der Waals surface area contributed by atoms with Gasteiger partial charge in [0.05, 0.1) is 34.9 Å². The smallest absolute Gasteiger partial charge is 0.259 e. The largest absolute Gasteiger partial charge is 0.489 e. The first-order chi connectivity index (χ1) is 16.2. The van der Waals surface area contributed by atoms with E-state index in [1.807, 2.05) is 54.6 Å². The second kappa shape index (κ2) is 6.56. The van der Waals surface area contributed by atoms with Gasteiger partial charge in [-0.3, -0.25) is 19.9 Å². The minimum absolute atomic E-state index is 0.158. The third kappa shape index (κ3) is 2.53. The molecule has 160 valence electrons. The van der Waals surface area contributed by atoms with Crippen LogP contribution in [0.3, 0.4) is 0 Å². The number of aliphatic imine (C=N–C) groups is 1. The van der Waals surface area contributed by atoms with Crippen molar-refractivity contribution in [2.45, 2.75) is 19.2 Å². The summed E-state index contributed by atoms with van der Waals surface area (Å²) in [6.45, 7) is 0.942. The van der Waals surface area contributed by atoms with Crippen LogP contribution in [0.25, 0.3) is 22.6 Å². The summed E-state index contributed by atoms with van der Waals surface area (Å²) in [6, 6.07) is 9.85. The Balaban J connectivity index is 1.38. The molecule has 7 nitrogen and oxygen atoms in total. The molecule has 3 aliphatic heterocycles. The Hall–Kier alpha value is -4.39. The molecule has 3 aromatic rings. The number of nitrogens with one attached hydrogen (secondary N) is 3. The number of hydrogen-bond donors (Lipinski definition) is 3. The average molecular weight is 434 g/mol. The first kappa shape index (κ1) is 18.2. The molecule has 33 heavy (non-hydrogen) atoms. The first-order valence-electron chi connectivity index (χ1n) is 10.8. The molecule has 4 aliphatic rings. The Morgan fingerprint density at radius 1 is 1.06 bits per heavy atom. The zero-order valence-electron chi connectivity index (χ0n) is 17.4. The molecule has 0 saturated carbocycles. The molecule has 1 unspecified atom stereocenters. The summed E-state index contributed by atoms with van der Waals surface area (Å²) in [5.41, 5.74) is 5.53. The van der Waals surface area contributed by atoms with Gasteiger partial charge >= 0.3 is 0 Å². The quantitative estimate of drug-likeness (QED) is 0.550. The molecule has 0 spiro atoms. The lowest BCUT2D eigenvalue weighted by Gasteiger charge is -2.17. The van der Waals surface area contributed by atoms with E-state index in [2.05, 4.69) is 20.6 Å². The summed E-state index contributed by atoms with van der Waals surface area (Å²) in [4.78, 5) is 33.5. The average Bonchev–Trinajstić information content (AvgIpc) is 3.49. The van der Waals surface area contributed by atoms with Crippen molar-refractivity contribution in [3.8, 4) is 0 Å². The minimum Gasteiger partial charge on any atom is -0.489 e. The van der Waals surface area contributed by atoms with Gasteiger partial charge in [0.2, 0.25) is 0 Å². The standard InChI is InChI=1S/C26H18N4O3/c31-25-21-19-15-7-6-14(33-12-13-4-2-1-3-5-13)10-18(15)29-23(19)24-20(22(21)26(32)30-25)16-11-27-9-8-17(16)28-24/h1-10,18,28-29H,11-12H2,(H,30,31,32). The highest BCUT2D eigenvalue weighted by molar-refractivity contribution is 6.29. The summed E-state index contributed by atoms with van der Waals surface area (Å²) < 4.78 is 6.02. The predicted molar refractivity (Wildman–Crippen MR) is 125 cm³/mol. The number of rotatable bonds is 3. The number of carbonyl (C=O) groups is 2. The maximum absolute atomic E-state index is 12.9. The molecule has 1 aliphatic carbocycles. The number of imide groups is 1. The van der Waals surface area contributed by atoms with Crippen LogP contribution in [-0.4, -0.2) is 29.1 Å². The van der Waals surface area contributed by atoms with Crippen LogP contribution >= 0.6 is 0 Å². The number of benzene rings is 2. The van der Waals surface area contributed by atoms with Crippen molar-refractivity contribution in [1.29, 1.82) is 0 Å². The number of ether oxygens (including phenoxy) is 1. The molecular weight excluding hydrogens is 416 g/mol. The van der Waals surface area contributed by atoms with Gasteiger partial charge in [-0.25, -0.2) is 0 Å². The van der Waals surface area contributed by atoms with Crippen LogP contribution in [0.5, 0.6) is 0 Å². The fourth-order valence-electron chi connectivity index (χ4n) is 5.15. The van der Waals surface area contributed by atoms with Crippen molar-refractivity contribution in [1.82, 2.24) is 10.3 Å². The van der Waals surface area contributed by atoms with E-state index in [1.54, 1.807) is 6.21 Å². The Kier molecular flexibility index (Phi) is 3.62.